The molecule has 0 atom stereocenters. The van der Waals surface area contributed by atoms with Gasteiger partial charge >= 0.3 is 80.1 Å². The van der Waals surface area contributed by atoms with E-state index in [1.807, 2.05) is 65.8 Å². The molecule has 98 heavy (non-hydrogen) atoms. The van der Waals surface area contributed by atoms with Gasteiger partial charge in [-0.1, -0.05) is 18.2 Å². The number of carboxylic acid groups (broad SMARTS) is 1. The van der Waals surface area contributed by atoms with Crippen LogP contribution < -0.4 is 52.8 Å². The number of esters is 2. The number of anilines is 3. The fraction of sp³-hybridized carbons (Fsp3) is 0.537. The van der Waals surface area contributed by atoms with E-state index in [2.05, 4.69) is 60.1 Å². The van der Waals surface area contributed by atoms with E-state index in [1.165, 1.54) is 24.2 Å². The number of amides is 2. The van der Waals surface area contributed by atoms with E-state index in [0.29, 0.717) is 81.5 Å². The van der Waals surface area contributed by atoms with Gasteiger partial charge in [0.25, 0.3) is 0 Å². The number of ether oxygens (including phenoxy) is 7. The summed E-state index contributed by atoms with van der Waals surface area (Å²) in [4.78, 5) is 98.7. The van der Waals surface area contributed by atoms with Crippen LogP contribution in [0, 0.1) is 0 Å². The topological polar surface area (TPSA) is 345 Å². The van der Waals surface area contributed by atoms with Gasteiger partial charge in [0.15, 0.2) is 0 Å². The van der Waals surface area contributed by atoms with Gasteiger partial charge < -0.3 is 50.5 Å². The Hall–Kier alpha value is -7.93. The molecule has 9 rings (SSSR count). The maximum Gasteiger partial charge on any atom is 1.00 e. The van der Waals surface area contributed by atoms with Gasteiger partial charge in [-0.05, 0) is 177 Å². The second-order valence-corrected chi connectivity index (χ2v) is 25.9. The first-order chi connectivity index (χ1) is 45.2. The van der Waals surface area contributed by atoms with E-state index >= 15 is 0 Å². The fourth-order valence-electron chi connectivity index (χ4n) is 9.24. The minimum Gasteiger partial charge on any atom is -1.00 e. The minimum atomic E-state index is -1.06. The number of carbonyl (C=O) groups is 7. The monoisotopic (exact) mass is 1370 g/mol. The summed E-state index contributed by atoms with van der Waals surface area (Å²) in [7, 11) is 0. The van der Waals surface area contributed by atoms with Crippen LogP contribution in [0.25, 0.3) is 0 Å². The molecule has 0 aromatic carbocycles. The van der Waals surface area contributed by atoms with E-state index < -0.39 is 40.7 Å². The van der Waals surface area contributed by atoms with E-state index in [1.54, 1.807) is 97.8 Å². The molecule has 0 saturated heterocycles. The number of thiol groups is 1. The van der Waals surface area contributed by atoms with Crippen LogP contribution in [0.4, 0.5) is 36.6 Å². The van der Waals surface area contributed by atoms with Crippen molar-refractivity contribution in [3.8, 4) is 0 Å². The molecule has 0 saturated carbocycles. The largest absolute Gasteiger partial charge is 1.00 e. The number of carboxylic acids is 1. The van der Waals surface area contributed by atoms with E-state index in [0.717, 1.165) is 85.5 Å². The third-order valence-corrected chi connectivity index (χ3v) is 13.3. The van der Waals surface area contributed by atoms with Gasteiger partial charge in [0.1, 0.15) is 39.9 Å². The van der Waals surface area contributed by atoms with Crippen LogP contribution in [-0.2, 0) is 91.3 Å². The van der Waals surface area contributed by atoms with Gasteiger partial charge in [0.05, 0.1) is 48.5 Å². The molecule has 6 aromatic heterocycles. The summed E-state index contributed by atoms with van der Waals surface area (Å²) in [5, 5.41) is 24.8. The molecule has 3 N–H and O–H groups in total. The average Bonchev–Trinajstić information content (AvgIpc) is 0.972. The third-order valence-electron chi connectivity index (χ3n) is 13.3. The average molecular weight is 1370 g/mol. The molecule has 3 aliphatic rings. The summed E-state index contributed by atoms with van der Waals surface area (Å²) in [5.74, 6) is 0.636. The van der Waals surface area contributed by atoms with Crippen LogP contribution in [0.2, 0.25) is 0 Å². The summed E-state index contributed by atoms with van der Waals surface area (Å²) in [6.45, 7) is 29.3. The fourth-order valence-corrected chi connectivity index (χ4v) is 9.24. The zero-order chi connectivity index (χ0) is 71.0. The predicted molar refractivity (Wildman–Crippen MR) is 361 cm³/mol. The third kappa shape index (κ3) is 29.6. The van der Waals surface area contributed by atoms with Crippen molar-refractivity contribution >= 4 is 72.5 Å². The summed E-state index contributed by atoms with van der Waals surface area (Å²) >= 11 is 3.46. The van der Waals surface area contributed by atoms with Crippen LogP contribution in [0.1, 0.15) is 184 Å². The quantitative estimate of drug-likeness (QED) is 0.0386. The van der Waals surface area contributed by atoms with Gasteiger partial charge in [-0.3, -0.25) is 23.8 Å². The number of aryl methyl sites for hydroxylation is 9. The van der Waals surface area contributed by atoms with Gasteiger partial charge in [-0.25, -0.2) is 48.5 Å². The van der Waals surface area contributed by atoms with Crippen LogP contribution in [0.5, 0.6) is 0 Å². The second-order valence-electron chi connectivity index (χ2n) is 25.9. The maximum atomic E-state index is 12.6. The van der Waals surface area contributed by atoms with Crippen molar-refractivity contribution in [1.29, 1.82) is 0 Å². The smallest absolute Gasteiger partial charge is 1.00 e. The predicted octanol–water partition coefficient (Wildman–Crippen LogP) is 5.71. The molecule has 28 nitrogen and oxygen atoms in total. The van der Waals surface area contributed by atoms with Gasteiger partial charge in [-0.2, -0.15) is 27.9 Å². The van der Waals surface area contributed by atoms with Crippen LogP contribution in [0.3, 0.4) is 0 Å². The number of aromatic nitrogens is 9. The van der Waals surface area contributed by atoms with Crippen molar-refractivity contribution in [2.24, 2.45) is 0 Å². The molecule has 0 spiro atoms. The Morgan fingerprint density at radius 3 is 1.24 bits per heavy atom. The van der Waals surface area contributed by atoms with Crippen LogP contribution in [-0.4, -0.2) is 159 Å². The summed E-state index contributed by atoms with van der Waals surface area (Å²) in [6.07, 6.45) is 14.3. The first-order valence-electron chi connectivity index (χ1n) is 32.3. The number of nitrogens with zero attached hydrogens (tertiary/aromatic N) is 11. The molecule has 6 aromatic rings. The second kappa shape index (κ2) is 40.2. The first kappa shape index (κ1) is 84.3. The number of pyridine rings is 3. The van der Waals surface area contributed by atoms with Gasteiger partial charge in [-0.15, -0.1) is 0 Å². The Morgan fingerprint density at radius 2 is 0.888 bits per heavy atom. The standard InChI is InChI=1S/C21H28N4O4.C19H24N4O4.C16H20N4O2.C10H18O5.CH4S.2Li.H2O.H/c1-5-28-19(26)16-13-22-24(14-16)12-10-17-9-8-15-7-6-11-25(18(15)23-17)20(27)29-21(2,3)4;1-19(2,3)27-18(26)23-9-4-5-13-6-7-15(21-16(13)23)8-10-22-12-14(11-20-22)17(24)25;1-2-22-16(21)13-10-18-20(11-13)9-7-14-6-5-12-4-3-8-17-15(12)19-14;1-9(2,3)14-7(11)13-8(12)15-10(4,5)6;1-2;;;;/h8-9,13-14H,5-7,10-12H2,1-4H3;6-7,11-12H,4-5,8-10H2,1-3H3,(H,24,25);5-6,10-11H,2-4,7-9H2,1H3,(H,17,19);1-6H3;2H,1H3;;;1H2;/q;;;;;2*+1;;-1/p-1/i;;;;1D;;;;. The molecule has 0 bridgehead atoms. The number of hydrogen-bond acceptors (Lipinski definition) is 23. The van der Waals surface area contributed by atoms with Crippen molar-refractivity contribution in [3.05, 3.63) is 124 Å². The zero-order valence-corrected chi connectivity index (χ0v) is 60.5. The number of fused-ring (bicyclic) bond motifs is 3. The molecule has 2 amide bonds. The van der Waals surface area contributed by atoms with Crippen molar-refractivity contribution in [3.63, 3.8) is 0 Å². The Labute approximate surface area is 606 Å². The Kier molecular flexibility index (Phi) is 34.6. The van der Waals surface area contributed by atoms with Gasteiger partial charge in [0, 0.05) is 95.6 Å². The van der Waals surface area contributed by atoms with Crippen molar-refractivity contribution in [2.45, 2.75) is 197 Å². The number of nitrogens with one attached hydrogen (secondary N) is 1. The molecule has 9 heterocycles. The summed E-state index contributed by atoms with van der Waals surface area (Å²) in [6, 6.07) is 12.2. The van der Waals surface area contributed by atoms with Crippen molar-refractivity contribution in [2.75, 3.05) is 54.2 Å². The molecule has 3 aliphatic heterocycles. The van der Waals surface area contributed by atoms with E-state index in [-0.39, 0.29) is 80.5 Å². The zero-order valence-electron chi connectivity index (χ0n) is 61.6. The molecular formula is C67H96Li2N12O16S. The number of carbonyl (C=O) groups excluding carboxylic acids is 6. The molecule has 0 radical (unpaired) electrons. The maximum absolute atomic E-state index is 12.6. The summed E-state index contributed by atoms with van der Waals surface area (Å²) in [5.41, 5.74) is 4.64. The minimum absolute atomic E-state index is 0. The van der Waals surface area contributed by atoms with Crippen molar-refractivity contribution in [1.82, 2.24) is 44.3 Å². The Bertz CT molecular complexity index is 3560. The SMILES string of the molecule is CC(C)(C)OC(=O)N1CCCc2ccc(CCn3cc(C(=O)O)cn3)nc21.CC(C)(C)OC(=O)OC(=O)OC(C)(C)C.CCOC(=O)c1cnn(CCc2ccc3c(n2)N(C(=O)OC(C)(C)C)CCC3)c1.CCOC(=O)c1cnn(CCc2ccc3c(n2)NCCC3)c1.[2H]CS.[H-].[Li+].[Li+].[OH-]. The Morgan fingerprint density at radius 1 is 0.541 bits per heavy atom. The van der Waals surface area contributed by atoms with Crippen molar-refractivity contribution < 1.29 is 118 Å². The molecule has 31 heteroatoms. The number of aromatic carboxylic acids is 1. The molecule has 0 fully saturated rings. The first-order valence-corrected chi connectivity index (χ1v) is 32.2. The molecular weight excluding hydrogens is 1270 g/mol. The van der Waals surface area contributed by atoms with Crippen LogP contribution in [0.15, 0.2) is 73.6 Å². The normalized spacial score (nSPS) is 12.9. The molecule has 528 valence electrons. The molecule has 0 aliphatic carbocycles. The number of rotatable bonds is 14. The van der Waals surface area contributed by atoms with E-state index in [9.17, 15) is 33.6 Å². The van der Waals surface area contributed by atoms with Gasteiger partial charge in [0.2, 0.25) is 0 Å². The molecule has 0 unspecified atom stereocenters. The number of hydrogen-bond donors (Lipinski definition) is 3. The van der Waals surface area contributed by atoms with E-state index in [4.69, 9.17) is 39.9 Å². The Balaban J connectivity index is 0.000000663. The van der Waals surface area contributed by atoms with Crippen LogP contribution >= 0.6 is 12.6 Å². The summed E-state index contributed by atoms with van der Waals surface area (Å²) < 4.78 is 45.9.